The van der Waals surface area contributed by atoms with Crippen LogP contribution in [0.1, 0.15) is 20.8 Å². The van der Waals surface area contributed by atoms with Crippen molar-refractivity contribution in [2.45, 2.75) is 32.9 Å². The molecule has 0 heterocycles. The maximum absolute atomic E-state index is 5.50. The van der Waals surface area contributed by atoms with E-state index >= 15 is 0 Å². The van der Waals surface area contributed by atoms with Gasteiger partial charge >= 0.3 is 0 Å². The zero-order valence-electron chi connectivity index (χ0n) is 11.4. The van der Waals surface area contributed by atoms with E-state index in [0.29, 0.717) is 25.3 Å². The Morgan fingerprint density at radius 2 is 1.75 bits per heavy atom. The molecule has 0 rings (SSSR count). The van der Waals surface area contributed by atoms with E-state index in [-0.39, 0.29) is 0 Å². The Morgan fingerprint density at radius 3 is 2.19 bits per heavy atom. The van der Waals surface area contributed by atoms with Crippen molar-refractivity contribution < 1.29 is 14.2 Å². The molecular weight excluding hydrogens is 206 g/mol. The number of ether oxygens (including phenoxy) is 3. The van der Waals surface area contributed by atoms with Gasteiger partial charge in [-0.05, 0) is 20.8 Å². The van der Waals surface area contributed by atoms with Gasteiger partial charge in [-0.1, -0.05) is 0 Å². The van der Waals surface area contributed by atoms with Gasteiger partial charge < -0.3 is 14.2 Å². The molecule has 4 heteroatoms. The van der Waals surface area contributed by atoms with Crippen LogP contribution in [-0.4, -0.2) is 64.2 Å². The molecule has 0 saturated carbocycles. The summed E-state index contributed by atoms with van der Waals surface area (Å²) >= 11 is 0. The van der Waals surface area contributed by atoms with Crippen molar-refractivity contribution in [3.8, 4) is 0 Å². The highest BCUT2D eigenvalue weighted by molar-refractivity contribution is 4.74. The van der Waals surface area contributed by atoms with Gasteiger partial charge in [0.2, 0.25) is 0 Å². The zero-order chi connectivity index (χ0) is 12.4. The molecule has 1 atom stereocenters. The standard InChI is InChI=1S/C12H27NO3/c1-6-16-10-12(9-15-5)13(11(2)3)7-8-14-4/h11-12H,6-10H2,1-5H3. The van der Waals surface area contributed by atoms with E-state index in [2.05, 4.69) is 18.7 Å². The van der Waals surface area contributed by atoms with Crippen LogP contribution in [0.5, 0.6) is 0 Å². The first-order valence-electron chi connectivity index (χ1n) is 5.98. The van der Waals surface area contributed by atoms with Crippen LogP contribution in [0, 0.1) is 0 Å². The van der Waals surface area contributed by atoms with Gasteiger partial charge in [0.25, 0.3) is 0 Å². The number of nitrogens with zero attached hydrogens (tertiary/aromatic N) is 1. The molecule has 0 saturated heterocycles. The molecule has 16 heavy (non-hydrogen) atoms. The average molecular weight is 233 g/mol. The summed E-state index contributed by atoms with van der Waals surface area (Å²) in [6.07, 6.45) is 0. The third-order valence-electron chi connectivity index (χ3n) is 2.56. The van der Waals surface area contributed by atoms with Crippen LogP contribution in [0.2, 0.25) is 0 Å². The van der Waals surface area contributed by atoms with Gasteiger partial charge in [-0.15, -0.1) is 0 Å². The number of hydrogen-bond donors (Lipinski definition) is 0. The fourth-order valence-electron chi connectivity index (χ4n) is 1.74. The zero-order valence-corrected chi connectivity index (χ0v) is 11.4. The fraction of sp³-hybridized carbons (Fsp3) is 1.00. The maximum atomic E-state index is 5.50. The largest absolute Gasteiger partial charge is 0.383 e. The van der Waals surface area contributed by atoms with Gasteiger partial charge in [0, 0.05) is 33.4 Å². The van der Waals surface area contributed by atoms with Gasteiger partial charge in [-0.25, -0.2) is 0 Å². The predicted octanol–water partition coefficient (Wildman–Crippen LogP) is 1.39. The molecule has 0 amide bonds. The van der Waals surface area contributed by atoms with Crippen LogP contribution in [0.15, 0.2) is 0 Å². The summed E-state index contributed by atoms with van der Waals surface area (Å²) in [4.78, 5) is 2.36. The van der Waals surface area contributed by atoms with Crippen molar-refractivity contribution in [1.82, 2.24) is 4.90 Å². The summed E-state index contributed by atoms with van der Waals surface area (Å²) in [6.45, 7) is 10.2. The third kappa shape index (κ3) is 6.43. The molecule has 0 radical (unpaired) electrons. The van der Waals surface area contributed by atoms with Crippen LogP contribution in [0.3, 0.4) is 0 Å². The van der Waals surface area contributed by atoms with Crippen LogP contribution in [-0.2, 0) is 14.2 Å². The smallest absolute Gasteiger partial charge is 0.0644 e. The Labute approximate surface area is 99.9 Å². The summed E-state index contributed by atoms with van der Waals surface area (Å²) in [5.74, 6) is 0. The SMILES string of the molecule is CCOCC(COC)N(CCOC)C(C)C. The molecule has 0 spiro atoms. The molecular formula is C12H27NO3. The highest BCUT2D eigenvalue weighted by atomic mass is 16.5. The van der Waals surface area contributed by atoms with Crippen LogP contribution >= 0.6 is 0 Å². The van der Waals surface area contributed by atoms with Gasteiger partial charge in [-0.3, -0.25) is 4.90 Å². The van der Waals surface area contributed by atoms with Crippen molar-refractivity contribution in [3.05, 3.63) is 0 Å². The summed E-state index contributed by atoms with van der Waals surface area (Å²) in [5, 5.41) is 0. The van der Waals surface area contributed by atoms with E-state index in [9.17, 15) is 0 Å². The molecule has 0 aliphatic heterocycles. The molecule has 0 bridgehead atoms. The Balaban J connectivity index is 4.26. The van der Waals surface area contributed by atoms with E-state index in [1.54, 1.807) is 14.2 Å². The first kappa shape index (κ1) is 15.8. The highest BCUT2D eigenvalue weighted by Gasteiger charge is 2.20. The molecule has 0 aromatic carbocycles. The van der Waals surface area contributed by atoms with Crippen LogP contribution in [0.25, 0.3) is 0 Å². The minimum Gasteiger partial charge on any atom is -0.383 e. The summed E-state index contributed by atoms with van der Waals surface area (Å²) < 4.78 is 15.9. The van der Waals surface area contributed by atoms with Crippen molar-refractivity contribution in [3.63, 3.8) is 0 Å². The van der Waals surface area contributed by atoms with E-state index in [0.717, 1.165) is 19.8 Å². The minimum atomic E-state index is 0.306. The van der Waals surface area contributed by atoms with E-state index < -0.39 is 0 Å². The summed E-state index contributed by atoms with van der Waals surface area (Å²) in [6, 6.07) is 0.774. The molecule has 0 aliphatic carbocycles. The third-order valence-corrected chi connectivity index (χ3v) is 2.56. The quantitative estimate of drug-likeness (QED) is 0.570. The fourth-order valence-corrected chi connectivity index (χ4v) is 1.74. The summed E-state index contributed by atoms with van der Waals surface area (Å²) in [7, 11) is 3.46. The molecule has 1 unspecified atom stereocenters. The van der Waals surface area contributed by atoms with Crippen molar-refractivity contribution in [2.24, 2.45) is 0 Å². The second kappa shape index (κ2) is 10.0. The van der Waals surface area contributed by atoms with Gasteiger partial charge in [-0.2, -0.15) is 0 Å². The topological polar surface area (TPSA) is 30.9 Å². The molecule has 0 N–H and O–H groups in total. The Morgan fingerprint density at radius 1 is 1.06 bits per heavy atom. The van der Waals surface area contributed by atoms with Crippen molar-refractivity contribution >= 4 is 0 Å². The average Bonchev–Trinajstić information content (AvgIpc) is 2.25. The van der Waals surface area contributed by atoms with Crippen LogP contribution in [0.4, 0.5) is 0 Å². The number of rotatable bonds is 10. The monoisotopic (exact) mass is 233 g/mol. The lowest BCUT2D eigenvalue weighted by Gasteiger charge is -2.34. The number of methoxy groups -OCH3 is 2. The normalized spacial score (nSPS) is 13.7. The van der Waals surface area contributed by atoms with E-state index in [1.807, 2.05) is 6.92 Å². The Bertz CT molecular complexity index is 153. The second-order valence-corrected chi connectivity index (χ2v) is 4.09. The molecule has 0 aromatic rings. The van der Waals surface area contributed by atoms with Crippen molar-refractivity contribution in [1.29, 1.82) is 0 Å². The molecule has 0 aromatic heterocycles. The first-order valence-corrected chi connectivity index (χ1v) is 5.98. The lowest BCUT2D eigenvalue weighted by molar-refractivity contribution is -0.00116. The predicted molar refractivity (Wildman–Crippen MR) is 65.9 cm³/mol. The summed E-state index contributed by atoms with van der Waals surface area (Å²) in [5.41, 5.74) is 0. The van der Waals surface area contributed by atoms with E-state index in [4.69, 9.17) is 14.2 Å². The molecule has 4 nitrogen and oxygen atoms in total. The van der Waals surface area contributed by atoms with Gasteiger partial charge in [0.15, 0.2) is 0 Å². The maximum Gasteiger partial charge on any atom is 0.0644 e. The van der Waals surface area contributed by atoms with Crippen LogP contribution < -0.4 is 0 Å². The van der Waals surface area contributed by atoms with Gasteiger partial charge in [0.05, 0.1) is 25.9 Å². The second-order valence-electron chi connectivity index (χ2n) is 4.09. The molecule has 0 aliphatic rings. The number of hydrogen-bond acceptors (Lipinski definition) is 4. The Hall–Kier alpha value is -0.160. The van der Waals surface area contributed by atoms with Gasteiger partial charge in [0.1, 0.15) is 0 Å². The lowest BCUT2D eigenvalue weighted by atomic mass is 10.2. The highest BCUT2D eigenvalue weighted by Crippen LogP contribution is 2.07. The molecule has 98 valence electrons. The Kier molecular flexibility index (Phi) is 9.92. The lowest BCUT2D eigenvalue weighted by Crippen LogP contribution is -2.47. The molecule has 0 fully saturated rings. The minimum absolute atomic E-state index is 0.306. The van der Waals surface area contributed by atoms with Crippen molar-refractivity contribution in [2.75, 3.05) is 47.2 Å². The van der Waals surface area contributed by atoms with E-state index in [1.165, 1.54) is 0 Å². The first-order chi connectivity index (χ1) is 7.67.